The van der Waals surface area contributed by atoms with Gasteiger partial charge in [-0.3, -0.25) is 9.48 Å². The standard InChI is InChI=1S/C8H13N3O4S/c1-3-11-7(4-5-9-11)16(14,15)10(2)6-8(12)13/h4-5H,3,6H2,1-2H3,(H,12,13). The van der Waals surface area contributed by atoms with Gasteiger partial charge in [-0.05, 0) is 13.0 Å². The summed E-state index contributed by atoms with van der Waals surface area (Å²) in [6.45, 7) is 1.59. The minimum Gasteiger partial charge on any atom is -0.480 e. The van der Waals surface area contributed by atoms with Crippen molar-refractivity contribution in [2.75, 3.05) is 13.6 Å². The summed E-state index contributed by atoms with van der Waals surface area (Å²) in [7, 11) is -2.56. The van der Waals surface area contributed by atoms with Crippen LogP contribution >= 0.6 is 0 Å². The van der Waals surface area contributed by atoms with E-state index in [-0.39, 0.29) is 5.03 Å². The molecular weight excluding hydrogens is 234 g/mol. The highest BCUT2D eigenvalue weighted by molar-refractivity contribution is 7.89. The number of carboxylic acid groups (broad SMARTS) is 1. The molecule has 0 aliphatic heterocycles. The van der Waals surface area contributed by atoms with Crippen LogP contribution < -0.4 is 0 Å². The van der Waals surface area contributed by atoms with Crippen LogP contribution in [0.15, 0.2) is 17.3 Å². The molecule has 0 radical (unpaired) electrons. The molecule has 1 aromatic rings. The van der Waals surface area contributed by atoms with E-state index in [2.05, 4.69) is 5.10 Å². The zero-order valence-corrected chi connectivity index (χ0v) is 9.81. The Labute approximate surface area is 93.3 Å². The first kappa shape index (κ1) is 12.7. The van der Waals surface area contributed by atoms with E-state index < -0.39 is 22.5 Å². The van der Waals surface area contributed by atoms with E-state index >= 15 is 0 Å². The molecule has 1 aromatic heterocycles. The second kappa shape index (κ2) is 4.62. The Hall–Kier alpha value is -1.41. The van der Waals surface area contributed by atoms with Gasteiger partial charge in [0.05, 0.1) is 6.20 Å². The molecule has 0 bridgehead atoms. The smallest absolute Gasteiger partial charge is 0.318 e. The van der Waals surface area contributed by atoms with Crippen molar-refractivity contribution < 1.29 is 18.3 Å². The molecule has 0 saturated heterocycles. The van der Waals surface area contributed by atoms with Gasteiger partial charge in [0.2, 0.25) is 0 Å². The third-order valence-corrected chi connectivity index (χ3v) is 3.83. The van der Waals surface area contributed by atoms with Crippen LogP contribution in [-0.4, -0.2) is 47.2 Å². The van der Waals surface area contributed by atoms with Crippen molar-refractivity contribution in [3.63, 3.8) is 0 Å². The van der Waals surface area contributed by atoms with Crippen molar-refractivity contribution in [2.45, 2.75) is 18.5 Å². The maximum atomic E-state index is 11.9. The molecule has 0 fully saturated rings. The van der Waals surface area contributed by atoms with Crippen molar-refractivity contribution in [1.82, 2.24) is 14.1 Å². The highest BCUT2D eigenvalue weighted by Crippen LogP contribution is 2.13. The van der Waals surface area contributed by atoms with Gasteiger partial charge in [0.1, 0.15) is 6.54 Å². The van der Waals surface area contributed by atoms with E-state index in [1.165, 1.54) is 24.0 Å². The number of carboxylic acids is 1. The van der Waals surface area contributed by atoms with E-state index in [4.69, 9.17) is 5.11 Å². The average Bonchev–Trinajstić information content (AvgIpc) is 2.64. The molecule has 8 heteroatoms. The van der Waals surface area contributed by atoms with Crippen LogP contribution in [0.2, 0.25) is 0 Å². The van der Waals surface area contributed by atoms with Gasteiger partial charge in [0.25, 0.3) is 10.0 Å². The maximum absolute atomic E-state index is 11.9. The molecule has 16 heavy (non-hydrogen) atoms. The Kier molecular flexibility index (Phi) is 3.66. The van der Waals surface area contributed by atoms with Crippen molar-refractivity contribution in [2.24, 2.45) is 0 Å². The van der Waals surface area contributed by atoms with Crippen LogP contribution in [-0.2, 0) is 21.4 Å². The third kappa shape index (κ3) is 2.39. The highest BCUT2D eigenvalue weighted by Gasteiger charge is 2.25. The summed E-state index contributed by atoms with van der Waals surface area (Å²) in [5, 5.41) is 12.4. The quantitative estimate of drug-likeness (QED) is 0.764. The van der Waals surface area contributed by atoms with Crippen molar-refractivity contribution in [3.05, 3.63) is 12.3 Å². The Morgan fingerprint density at radius 2 is 2.25 bits per heavy atom. The van der Waals surface area contributed by atoms with Gasteiger partial charge in [0, 0.05) is 13.6 Å². The summed E-state index contributed by atoms with van der Waals surface area (Å²) in [6, 6.07) is 1.34. The van der Waals surface area contributed by atoms with E-state index in [0.29, 0.717) is 6.54 Å². The molecule has 0 amide bonds. The van der Waals surface area contributed by atoms with Crippen molar-refractivity contribution in [3.8, 4) is 0 Å². The lowest BCUT2D eigenvalue weighted by Gasteiger charge is -2.15. The van der Waals surface area contributed by atoms with Gasteiger partial charge in [0.15, 0.2) is 5.03 Å². The number of aromatic nitrogens is 2. The summed E-state index contributed by atoms with van der Waals surface area (Å²) in [4.78, 5) is 10.5. The van der Waals surface area contributed by atoms with Gasteiger partial charge >= 0.3 is 5.97 Å². The van der Waals surface area contributed by atoms with Gasteiger partial charge in [-0.25, -0.2) is 8.42 Å². The summed E-state index contributed by atoms with van der Waals surface area (Å²) in [5.74, 6) is -1.20. The second-order valence-electron chi connectivity index (χ2n) is 3.14. The predicted molar refractivity (Wildman–Crippen MR) is 55.4 cm³/mol. The molecule has 0 aliphatic rings. The van der Waals surface area contributed by atoms with E-state index in [1.807, 2.05) is 0 Å². The number of likely N-dealkylation sites (N-methyl/N-ethyl adjacent to an activating group) is 1. The number of aliphatic carboxylic acids is 1. The van der Waals surface area contributed by atoms with Crippen LogP contribution in [0.1, 0.15) is 6.92 Å². The number of hydrogen-bond donors (Lipinski definition) is 1. The van der Waals surface area contributed by atoms with E-state index in [1.54, 1.807) is 6.92 Å². The fourth-order valence-corrected chi connectivity index (χ4v) is 2.49. The van der Waals surface area contributed by atoms with E-state index in [0.717, 1.165) is 4.31 Å². The Bertz CT molecular complexity index is 479. The minimum absolute atomic E-state index is 0.00116. The number of hydrogen-bond acceptors (Lipinski definition) is 4. The number of nitrogens with zero attached hydrogens (tertiary/aromatic N) is 3. The molecule has 0 saturated carbocycles. The largest absolute Gasteiger partial charge is 0.480 e. The lowest BCUT2D eigenvalue weighted by Crippen LogP contribution is -2.33. The fraction of sp³-hybridized carbons (Fsp3) is 0.500. The minimum atomic E-state index is -3.78. The van der Waals surface area contributed by atoms with Gasteiger partial charge in [-0.15, -0.1) is 0 Å². The number of sulfonamides is 1. The molecule has 1 N–H and O–H groups in total. The molecule has 0 aromatic carbocycles. The average molecular weight is 247 g/mol. The lowest BCUT2D eigenvalue weighted by atomic mass is 10.7. The van der Waals surface area contributed by atoms with Crippen LogP contribution in [0.5, 0.6) is 0 Å². The third-order valence-electron chi connectivity index (χ3n) is 2.01. The Morgan fingerprint density at radius 3 is 2.75 bits per heavy atom. The summed E-state index contributed by atoms with van der Waals surface area (Å²) in [6.07, 6.45) is 1.37. The van der Waals surface area contributed by atoms with Gasteiger partial charge in [-0.1, -0.05) is 0 Å². The summed E-state index contributed by atoms with van der Waals surface area (Å²) in [5.41, 5.74) is 0. The lowest BCUT2D eigenvalue weighted by molar-refractivity contribution is -0.137. The SMILES string of the molecule is CCn1nccc1S(=O)(=O)N(C)CC(=O)O. The molecule has 1 heterocycles. The fourth-order valence-electron chi connectivity index (χ4n) is 1.21. The molecule has 90 valence electrons. The van der Waals surface area contributed by atoms with Crippen molar-refractivity contribution >= 4 is 16.0 Å². The van der Waals surface area contributed by atoms with E-state index in [9.17, 15) is 13.2 Å². The number of rotatable bonds is 5. The zero-order chi connectivity index (χ0) is 12.3. The van der Waals surface area contributed by atoms with Crippen LogP contribution in [0.3, 0.4) is 0 Å². The number of carbonyl (C=O) groups is 1. The Balaban J connectivity index is 3.07. The first-order valence-electron chi connectivity index (χ1n) is 4.59. The monoisotopic (exact) mass is 247 g/mol. The predicted octanol–water partition coefficient (Wildman–Crippen LogP) is -0.392. The normalized spacial score (nSPS) is 11.9. The van der Waals surface area contributed by atoms with Crippen LogP contribution in [0, 0.1) is 0 Å². The maximum Gasteiger partial charge on any atom is 0.318 e. The van der Waals surface area contributed by atoms with Crippen molar-refractivity contribution in [1.29, 1.82) is 0 Å². The van der Waals surface area contributed by atoms with Crippen LogP contribution in [0.25, 0.3) is 0 Å². The van der Waals surface area contributed by atoms with Gasteiger partial charge in [-0.2, -0.15) is 9.40 Å². The molecular formula is C8H13N3O4S. The molecule has 1 rings (SSSR count). The second-order valence-corrected chi connectivity index (χ2v) is 5.13. The van der Waals surface area contributed by atoms with Gasteiger partial charge < -0.3 is 5.11 Å². The zero-order valence-electron chi connectivity index (χ0n) is 8.99. The molecule has 0 spiro atoms. The molecule has 0 unspecified atom stereocenters. The molecule has 7 nitrogen and oxygen atoms in total. The first-order valence-corrected chi connectivity index (χ1v) is 6.03. The first-order chi connectivity index (χ1) is 7.39. The summed E-state index contributed by atoms with van der Waals surface area (Å²) >= 11 is 0. The Morgan fingerprint density at radius 1 is 1.62 bits per heavy atom. The van der Waals surface area contributed by atoms with Crippen LogP contribution in [0.4, 0.5) is 0 Å². The highest BCUT2D eigenvalue weighted by atomic mass is 32.2. The molecule has 0 aliphatic carbocycles. The molecule has 0 atom stereocenters. The summed E-state index contributed by atoms with van der Waals surface area (Å²) < 4.78 is 25.9. The topological polar surface area (TPSA) is 92.5 Å². The number of aryl methyl sites for hydroxylation is 1.